The molecule has 0 aromatic rings. The number of rotatable bonds is 3. The third-order valence-electron chi connectivity index (χ3n) is 7.24. The zero-order chi connectivity index (χ0) is 15.0. The van der Waals surface area contributed by atoms with E-state index in [0.29, 0.717) is 5.54 Å². The van der Waals surface area contributed by atoms with Crippen LogP contribution in [0, 0.1) is 17.8 Å². The summed E-state index contributed by atoms with van der Waals surface area (Å²) in [6.45, 7) is 15.1. The van der Waals surface area contributed by atoms with Gasteiger partial charge in [0.05, 0.1) is 0 Å². The van der Waals surface area contributed by atoms with E-state index >= 15 is 0 Å². The predicted molar refractivity (Wildman–Crippen MR) is 90.5 cm³/mol. The Bertz CT molecular complexity index is 331. The van der Waals surface area contributed by atoms with E-state index in [9.17, 15) is 0 Å². The van der Waals surface area contributed by atoms with Gasteiger partial charge in [-0.2, -0.15) is 0 Å². The highest BCUT2D eigenvalue weighted by atomic mass is 15.3. The van der Waals surface area contributed by atoms with Gasteiger partial charge in [0.15, 0.2) is 0 Å². The van der Waals surface area contributed by atoms with E-state index in [-0.39, 0.29) is 0 Å². The Morgan fingerprint density at radius 2 is 1.48 bits per heavy atom. The first-order chi connectivity index (χ1) is 10.0. The quantitative estimate of drug-likeness (QED) is 0.775. The molecule has 0 bridgehead atoms. The molecule has 0 amide bonds. The van der Waals surface area contributed by atoms with Gasteiger partial charge in [0, 0.05) is 37.8 Å². The highest BCUT2D eigenvalue weighted by Crippen LogP contribution is 2.48. The lowest BCUT2D eigenvalue weighted by atomic mass is 9.60. The largest absolute Gasteiger partial charge is 0.298 e. The van der Waals surface area contributed by atoms with Crippen molar-refractivity contribution in [3.05, 3.63) is 0 Å². The van der Waals surface area contributed by atoms with E-state index in [4.69, 9.17) is 0 Å². The predicted octanol–water partition coefficient (Wildman–Crippen LogP) is 4.01. The molecule has 2 nitrogen and oxygen atoms in total. The van der Waals surface area contributed by atoms with Crippen LogP contribution >= 0.6 is 0 Å². The number of hydrogen-bond donors (Lipinski definition) is 0. The van der Waals surface area contributed by atoms with E-state index in [1.165, 1.54) is 64.7 Å². The van der Waals surface area contributed by atoms with Crippen LogP contribution in [-0.4, -0.2) is 47.6 Å². The van der Waals surface area contributed by atoms with Crippen molar-refractivity contribution in [1.82, 2.24) is 9.80 Å². The van der Waals surface area contributed by atoms with Gasteiger partial charge >= 0.3 is 0 Å². The molecule has 1 unspecified atom stereocenters. The van der Waals surface area contributed by atoms with Crippen molar-refractivity contribution in [2.75, 3.05) is 26.2 Å². The number of hydrogen-bond acceptors (Lipinski definition) is 2. The van der Waals surface area contributed by atoms with Gasteiger partial charge in [0.2, 0.25) is 0 Å². The first-order valence-corrected chi connectivity index (χ1v) is 9.53. The van der Waals surface area contributed by atoms with E-state index in [0.717, 1.165) is 23.8 Å². The molecule has 0 aromatic carbocycles. The summed E-state index contributed by atoms with van der Waals surface area (Å²) in [6.07, 6.45) is 8.70. The maximum Gasteiger partial charge on any atom is 0.0259 e. The van der Waals surface area contributed by atoms with Crippen LogP contribution in [-0.2, 0) is 0 Å². The molecular formula is C19H36N2. The molecule has 1 heterocycles. The molecule has 3 fully saturated rings. The van der Waals surface area contributed by atoms with Crippen molar-refractivity contribution in [3.8, 4) is 0 Å². The third-order valence-corrected chi connectivity index (χ3v) is 7.24. The van der Waals surface area contributed by atoms with Crippen molar-refractivity contribution >= 4 is 0 Å². The normalized spacial score (nSPS) is 43.0. The maximum atomic E-state index is 2.87. The van der Waals surface area contributed by atoms with Gasteiger partial charge in [0.1, 0.15) is 0 Å². The molecular weight excluding hydrogens is 256 g/mol. The summed E-state index contributed by atoms with van der Waals surface area (Å²) in [5.74, 6) is 2.69. The number of nitrogens with zero attached hydrogens (tertiary/aromatic N) is 2. The van der Waals surface area contributed by atoms with E-state index in [1.54, 1.807) is 0 Å². The Morgan fingerprint density at radius 1 is 0.857 bits per heavy atom. The summed E-state index contributed by atoms with van der Waals surface area (Å²) in [4.78, 5) is 5.69. The fourth-order valence-corrected chi connectivity index (χ4v) is 5.53. The van der Waals surface area contributed by atoms with Crippen molar-refractivity contribution < 1.29 is 0 Å². The van der Waals surface area contributed by atoms with Crippen LogP contribution in [0.25, 0.3) is 0 Å². The zero-order valence-electron chi connectivity index (χ0n) is 14.8. The lowest BCUT2D eigenvalue weighted by Crippen LogP contribution is -2.67. The third kappa shape index (κ3) is 2.79. The van der Waals surface area contributed by atoms with Gasteiger partial charge in [-0.25, -0.2) is 0 Å². The van der Waals surface area contributed by atoms with Crippen molar-refractivity contribution in [2.45, 2.75) is 77.8 Å². The van der Waals surface area contributed by atoms with Crippen molar-refractivity contribution in [3.63, 3.8) is 0 Å². The molecule has 0 aromatic heterocycles. The number of piperazine rings is 1. The first kappa shape index (κ1) is 15.8. The minimum Gasteiger partial charge on any atom is -0.298 e. The lowest BCUT2D eigenvalue weighted by molar-refractivity contribution is -0.0961. The van der Waals surface area contributed by atoms with Crippen molar-refractivity contribution in [2.24, 2.45) is 17.8 Å². The van der Waals surface area contributed by atoms with Gasteiger partial charge in [-0.1, -0.05) is 27.7 Å². The molecule has 122 valence electrons. The molecule has 21 heavy (non-hydrogen) atoms. The molecule has 0 radical (unpaired) electrons. The van der Waals surface area contributed by atoms with E-state index in [1.807, 2.05) is 0 Å². The molecule has 2 aliphatic carbocycles. The Morgan fingerprint density at radius 3 is 1.90 bits per heavy atom. The second kappa shape index (κ2) is 6.20. The molecule has 2 heteroatoms. The highest BCUT2D eigenvalue weighted by molar-refractivity contribution is 5.06. The summed E-state index contributed by atoms with van der Waals surface area (Å²) >= 11 is 0. The van der Waals surface area contributed by atoms with Gasteiger partial charge in [0.25, 0.3) is 0 Å². The van der Waals surface area contributed by atoms with E-state index < -0.39 is 0 Å². The van der Waals surface area contributed by atoms with Crippen LogP contribution in [0.15, 0.2) is 0 Å². The fraction of sp³-hybridized carbons (Fsp3) is 1.00. The topological polar surface area (TPSA) is 6.48 Å². The highest BCUT2D eigenvalue weighted by Gasteiger charge is 2.51. The standard InChI is InChI=1S/C19H36N2/c1-15(2)19(10-9-17(19)4)21-13-11-20(12-14-21)18-7-5-16(3)6-8-18/h15-18H,5-14H2,1-4H3/t16?,17-,18?,19?/m1/s1. The first-order valence-electron chi connectivity index (χ1n) is 9.53. The minimum atomic E-state index is 0.535. The molecule has 1 saturated heterocycles. The Labute approximate surface area is 132 Å². The van der Waals surface area contributed by atoms with Crippen molar-refractivity contribution in [1.29, 1.82) is 0 Å². The SMILES string of the molecule is CC1CCC(N2CCN(C3(C(C)C)CC[C@H]3C)CC2)CC1. The van der Waals surface area contributed by atoms with Crippen LogP contribution in [0.5, 0.6) is 0 Å². The van der Waals surface area contributed by atoms with Crippen LogP contribution < -0.4 is 0 Å². The summed E-state index contributed by atoms with van der Waals surface area (Å²) in [5, 5.41) is 0. The molecule has 3 rings (SSSR count). The molecule has 3 aliphatic rings. The van der Waals surface area contributed by atoms with Gasteiger partial charge < -0.3 is 0 Å². The monoisotopic (exact) mass is 292 g/mol. The van der Waals surface area contributed by atoms with Gasteiger partial charge in [-0.15, -0.1) is 0 Å². The van der Waals surface area contributed by atoms with Crippen LogP contribution in [0.2, 0.25) is 0 Å². The minimum absolute atomic E-state index is 0.535. The molecule has 0 spiro atoms. The lowest BCUT2D eigenvalue weighted by Gasteiger charge is -2.60. The van der Waals surface area contributed by atoms with E-state index in [2.05, 4.69) is 37.5 Å². The maximum absolute atomic E-state index is 2.87. The molecule has 0 N–H and O–H groups in total. The zero-order valence-corrected chi connectivity index (χ0v) is 14.8. The summed E-state index contributed by atoms with van der Waals surface area (Å²) in [7, 11) is 0. The summed E-state index contributed by atoms with van der Waals surface area (Å²) in [6, 6.07) is 0.900. The Hall–Kier alpha value is -0.0800. The van der Waals surface area contributed by atoms with Crippen LogP contribution in [0.4, 0.5) is 0 Å². The summed E-state index contributed by atoms with van der Waals surface area (Å²) in [5.41, 5.74) is 0.535. The fourth-order valence-electron chi connectivity index (χ4n) is 5.53. The Kier molecular flexibility index (Phi) is 4.66. The smallest absolute Gasteiger partial charge is 0.0259 e. The average Bonchev–Trinajstić information content (AvgIpc) is 2.47. The molecule has 1 aliphatic heterocycles. The van der Waals surface area contributed by atoms with Crippen LogP contribution in [0.1, 0.15) is 66.2 Å². The second-order valence-electron chi connectivity index (χ2n) is 8.52. The van der Waals surface area contributed by atoms with Gasteiger partial charge in [-0.3, -0.25) is 9.80 Å². The van der Waals surface area contributed by atoms with Gasteiger partial charge in [-0.05, 0) is 56.3 Å². The Balaban J connectivity index is 1.55. The second-order valence-corrected chi connectivity index (χ2v) is 8.52. The van der Waals surface area contributed by atoms with Crippen LogP contribution in [0.3, 0.4) is 0 Å². The molecule has 2 atom stereocenters. The molecule has 2 saturated carbocycles. The summed E-state index contributed by atoms with van der Waals surface area (Å²) < 4.78 is 0. The average molecular weight is 293 g/mol.